The van der Waals surface area contributed by atoms with E-state index in [1.165, 1.54) is 0 Å². The van der Waals surface area contributed by atoms with E-state index in [0.29, 0.717) is 0 Å². The molecule has 0 aliphatic rings. The van der Waals surface area contributed by atoms with E-state index in [1.54, 1.807) is 0 Å². The Bertz CT molecular complexity index is 245. The quantitative estimate of drug-likeness (QED) is 0.613. The molecule has 0 rings (SSSR count). The zero-order valence-electron chi connectivity index (χ0n) is 12.7. The van der Waals surface area contributed by atoms with E-state index < -0.39 is 14.8 Å². The average molecular weight is 274 g/mol. The molecule has 4 heteroatoms. The summed E-state index contributed by atoms with van der Waals surface area (Å²) in [4.78, 5) is 9.25. The molecule has 0 radical (unpaired) electrons. The van der Waals surface area contributed by atoms with Crippen LogP contribution < -0.4 is 0 Å². The number of rotatable bonds is 10. The molecular formula is C14H30O3Si. The van der Waals surface area contributed by atoms with Crippen LogP contribution in [0.5, 0.6) is 0 Å². The van der Waals surface area contributed by atoms with Gasteiger partial charge in [0.1, 0.15) is 5.60 Å². The van der Waals surface area contributed by atoms with Crippen molar-refractivity contribution in [1.29, 1.82) is 0 Å². The first kappa shape index (κ1) is 17.6. The molecule has 0 bridgehead atoms. The lowest BCUT2D eigenvalue weighted by Crippen LogP contribution is -2.51. The standard InChI is InChI=1S/C14H30O3Si/c1-6-11-12-13(7-2,8-3)14(9-4,10-5)17-18(15)16/h15H,6-12H2,1-5H3. The van der Waals surface area contributed by atoms with Crippen LogP contribution in [0.4, 0.5) is 0 Å². The smallest absolute Gasteiger partial charge is 0.511 e. The van der Waals surface area contributed by atoms with Gasteiger partial charge in [-0.25, -0.2) is 0 Å². The first-order chi connectivity index (χ1) is 8.47. The summed E-state index contributed by atoms with van der Waals surface area (Å²) < 4.78 is 16.8. The molecule has 0 saturated carbocycles. The van der Waals surface area contributed by atoms with Crippen LogP contribution in [0.2, 0.25) is 0 Å². The molecule has 0 unspecified atom stereocenters. The second kappa shape index (κ2) is 7.92. The van der Waals surface area contributed by atoms with Crippen molar-refractivity contribution in [1.82, 2.24) is 0 Å². The number of hydrogen-bond acceptors (Lipinski definition) is 2. The molecule has 0 spiro atoms. The number of unbranched alkanes of at least 4 members (excludes halogenated alkanes) is 1. The highest BCUT2D eigenvalue weighted by molar-refractivity contribution is 6.24. The average Bonchev–Trinajstić information content (AvgIpc) is 2.38. The van der Waals surface area contributed by atoms with E-state index in [-0.39, 0.29) is 5.41 Å². The van der Waals surface area contributed by atoms with Gasteiger partial charge in [0.2, 0.25) is 0 Å². The van der Waals surface area contributed by atoms with Gasteiger partial charge in [-0.2, -0.15) is 0 Å². The third-order valence-corrected chi connectivity index (χ3v) is 5.32. The highest BCUT2D eigenvalue weighted by Gasteiger charge is 2.49. The summed E-state index contributed by atoms with van der Waals surface area (Å²) in [6, 6.07) is 0. The third-order valence-electron chi connectivity index (χ3n) is 4.75. The van der Waals surface area contributed by atoms with E-state index in [2.05, 4.69) is 34.6 Å². The van der Waals surface area contributed by atoms with Gasteiger partial charge in [0.25, 0.3) is 0 Å². The van der Waals surface area contributed by atoms with Crippen molar-refractivity contribution in [2.45, 2.75) is 85.2 Å². The monoisotopic (exact) mass is 274 g/mol. The fourth-order valence-electron chi connectivity index (χ4n) is 3.41. The van der Waals surface area contributed by atoms with Gasteiger partial charge in [-0.15, -0.1) is 0 Å². The minimum Gasteiger partial charge on any atom is -0.511 e. The molecule has 0 aromatic carbocycles. The predicted octanol–water partition coefficient (Wildman–Crippen LogP) is 3.97. The SMILES string of the molecule is CCCCC(CC)(CC)C(CC)(CC)O[Si](=O)O. The summed E-state index contributed by atoms with van der Waals surface area (Å²) in [5.41, 5.74) is -0.425. The van der Waals surface area contributed by atoms with Crippen molar-refractivity contribution in [2.75, 3.05) is 0 Å². The Morgan fingerprint density at radius 2 is 1.50 bits per heavy atom. The van der Waals surface area contributed by atoms with Crippen LogP contribution in [0.3, 0.4) is 0 Å². The summed E-state index contributed by atoms with van der Waals surface area (Å²) in [7, 11) is -2.89. The molecule has 108 valence electrons. The summed E-state index contributed by atoms with van der Waals surface area (Å²) >= 11 is 0. The largest absolute Gasteiger partial charge is 0.765 e. The lowest BCUT2D eigenvalue weighted by atomic mass is 9.63. The van der Waals surface area contributed by atoms with E-state index in [4.69, 9.17) is 4.43 Å². The summed E-state index contributed by atoms with van der Waals surface area (Å²) in [5.74, 6) is 0. The van der Waals surface area contributed by atoms with Gasteiger partial charge in [-0.3, -0.25) is 4.46 Å². The molecule has 0 aliphatic carbocycles. The molecule has 0 fully saturated rings. The Kier molecular flexibility index (Phi) is 7.75. The molecule has 0 saturated heterocycles. The minimum absolute atomic E-state index is 0.0234. The van der Waals surface area contributed by atoms with Crippen LogP contribution in [0.15, 0.2) is 0 Å². The predicted molar refractivity (Wildman–Crippen MR) is 75.6 cm³/mol. The van der Waals surface area contributed by atoms with E-state index in [1.807, 2.05) is 0 Å². The van der Waals surface area contributed by atoms with Crippen LogP contribution in [0.1, 0.15) is 79.6 Å². The van der Waals surface area contributed by atoms with Crippen molar-refractivity contribution < 1.29 is 13.7 Å². The van der Waals surface area contributed by atoms with Crippen molar-refractivity contribution in [3.05, 3.63) is 0 Å². The molecule has 0 amide bonds. The second-order valence-electron chi connectivity index (χ2n) is 5.16. The molecule has 0 aromatic rings. The molecule has 18 heavy (non-hydrogen) atoms. The maximum absolute atomic E-state index is 11.2. The zero-order valence-corrected chi connectivity index (χ0v) is 13.7. The van der Waals surface area contributed by atoms with E-state index in [0.717, 1.165) is 44.9 Å². The normalized spacial score (nSPS) is 12.5. The van der Waals surface area contributed by atoms with Gasteiger partial charge in [-0.1, -0.05) is 47.5 Å². The molecule has 1 N–H and O–H groups in total. The first-order valence-corrected chi connectivity index (χ1v) is 8.65. The van der Waals surface area contributed by atoms with Crippen molar-refractivity contribution in [3.8, 4) is 0 Å². The Balaban J connectivity index is 5.37. The topological polar surface area (TPSA) is 46.5 Å². The van der Waals surface area contributed by atoms with Crippen LogP contribution in [-0.4, -0.2) is 19.6 Å². The fourth-order valence-corrected chi connectivity index (χ4v) is 4.25. The van der Waals surface area contributed by atoms with Gasteiger partial charge < -0.3 is 9.22 Å². The number of hydrogen-bond donors (Lipinski definition) is 1. The van der Waals surface area contributed by atoms with Crippen molar-refractivity contribution in [2.24, 2.45) is 5.41 Å². The summed E-state index contributed by atoms with van der Waals surface area (Å²) in [6.45, 7) is 10.7. The zero-order chi connectivity index (χ0) is 14.2. The highest BCUT2D eigenvalue weighted by Crippen LogP contribution is 2.49. The third kappa shape index (κ3) is 3.56. The molecular weight excluding hydrogens is 244 g/mol. The highest BCUT2D eigenvalue weighted by atomic mass is 28.3. The van der Waals surface area contributed by atoms with Crippen LogP contribution in [-0.2, 0) is 8.89 Å². The summed E-state index contributed by atoms with van der Waals surface area (Å²) in [5, 5.41) is 0. The lowest BCUT2D eigenvalue weighted by molar-refractivity contribution is -0.0960. The Hall–Kier alpha value is -0.383. The van der Waals surface area contributed by atoms with Gasteiger partial charge in [0.05, 0.1) is 0 Å². The second-order valence-corrected chi connectivity index (χ2v) is 5.90. The maximum Gasteiger partial charge on any atom is 0.765 e. The Morgan fingerprint density at radius 1 is 1.00 bits per heavy atom. The van der Waals surface area contributed by atoms with Crippen LogP contribution in [0.25, 0.3) is 0 Å². The van der Waals surface area contributed by atoms with Crippen LogP contribution >= 0.6 is 0 Å². The fraction of sp³-hybridized carbons (Fsp3) is 1.00. The molecule has 0 heterocycles. The van der Waals surface area contributed by atoms with Crippen molar-refractivity contribution >= 4 is 9.17 Å². The van der Waals surface area contributed by atoms with Gasteiger partial charge in [-0.05, 0) is 32.1 Å². The van der Waals surface area contributed by atoms with Gasteiger partial charge >= 0.3 is 9.17 Å². The van der Waals surface area contributed by atoms with Gasteiger partial charge in [0.15, 0.2) is 0 Å². The molecule has 3 nitrogen and oxygen atoms in total. The van der Waals surface area contributed by atoms with Crippen LogP contribution in [0, 0.1) is 5.41 Å². The van der Waals surface area contributed by atoms with Crippen molar-refractivity contribution in [3.63, 3.8) is 0 Å². The Labute approximate surface area is 114 Å². The van der Waals surface area contributed by atoms with E-state index >= 15 is 0 Å². The first-order valence-electron chi connectivity index (χ1n) is 7.39. The minimum atomic E-state index is -2.89. The Morgan fingerprint density at radius 3 is 1.78 bits per heavy atom. The summed E-state index contributed by atoms with van der Waals surface area (Å²) in [6.07, 6.45) is 6.98. The lowest BCUT2D eigenvalue weighted by Gasteiger charge is -2.49. The maximum atomic E-state index is 11.2. The molecule has 0 aliphatic heterocycles. The van der Waals surface area contributed by atoms with E-state index in [9.17, 15) is 9.26 Å². The molecule has 0 atom stereocenters. The van der Waals surface area contributed by atoms with Gasteiger partial charge in [0, 0.05) is 5.41 Å². The molecule has 0 aromatic heterocycles.